The van der Waals surface area contributed by atoms with Crippen LogP contribution in [-0.4, -0.2) is 15.7 Å². The summed E-state index contributed by atoms with van der Waals surface area (Å²) in [4.78, 5) is 11.9. The summed E-state index contributed by atoms with van der Waals surface area (Å²) >= 11 is 0. The van der Waals surface area contributed by atoms with Gasteiger partial charge in [0.15, 0.2) is 0 Å². The van der Waals surface area contributed by atoms with E-state index in [0.29, 0.717) is 25.0 Å². The van der Waals surface area contributed by atoms with Gasteiger partial charge in [0.25, 0.3) is 0 Å². The Morgan fingerprint density at radius 3 is 2.53 bits per heavy atom. The van der Waals surface area contributed by atoms with Crippen molar-refractivity contribution in [2.24, 2.45) is 0 Å². The fourth-order valence-corrected chi connectivity index (χ4v) is 2.37. The molecule has 1 aromatic rings. The average Bonchev–Trinajstić information content (AvgIpc) is 2.29. The van der Waals surface area contributed by atoms with Crippen molar-refractivity contribution >= 4 is 16.6 Å². The Labute approximate surface area is 93.2 Å². The monoisotopic (exact) mass is 224 g/mol. The molecule has 0 radical (unpaired) electrons. The van der Waals surface area contributed by atoms with E-state index in [1.165, 1.54) is 0 Å². The molecule has 1 aromatic carbocycles. The maximum Gasteiger partial charge on any atom is 0.132 e. The molecular weight excluding hydrogens is 208 g/mol. The van der Waals surface area contributed by atoms with Gasteiger partial charge < -0.3 is 0 Å². The molecule has 0 aliphatic rings. The topological polar surface area (TPSA) is 34.1 Å². The zero-order chi connectivity index (χ0) is 11.1. The molecule has 1 rings (SSSR count). The van der Waals surface area contributed by atoms with Gasteiger partial charge in [0.2, 0.25) is 0 Å². The van der Waals surface area contributed by atoms with Crippen molar-refractivity contribution in [1.29, 1.82) is 0 Å². The predicted octanol–water partition coefficient (Wildman–Crippen LogP) is 2.55. The molecule has 0 saturated heterocycles. The van der Waals surface area contributed by atoms with Crippen molar-refractivity contribution in [3.63, 3.8) is 0 Å². The summed E-state index contributed by atoms with van der Waals surface area (Å²) < 4.78 is 11.7. The van der Waals surface area contributed by atoms with E-state index >= 15 is 0 Å². The summed E-state index contributed by atoms with van der Waals surface area (Å²) in [7, 11) is -0.954. The first-order valence-electron chi connectivity index (χ1n) is 5.19. The average molecular weight is 224 g/mol. The third-order valence-electron chi connectivity index (χ3n) is 2.19. The SMILES string of the molecule is CCC(=O)CCCS(=O)c1ccccc1. The minimum atomic E-state index is -0.954. The van der Waals surface area contributed by atoms with E-state index in [-0.39, 0.29) is 5.78 Å². The highest BCUT2D eigenvalue weighted by molar-refractivity contribution is 7.85. The van der Waals surface area contributed by atoms with Crippen LogP contribution < -0.4 is 0 Å². The van der Waals surface area contributed by atoms with Gasteiger partial charge in [-0.1, -0.05) is 25.1 Å². The van der Waals surface area contributed by atoms with Crippen LogP contribution in [0.3, 0.4) is 0 Å². The predicted molar refractivity (Wildman–Crippen MR) is 62.2 cm³/mol. The van der Waals surface area contributed by atoms with Gasteiger partial charge in [-0.05, 0) is 18.6 Å². The first-order valence-corrected chi connectivity index (χ1v) is 6.51. The van der Waals surface area contributed by atoms with E-state index < -0.39 is 10.8 Å². The standard InChI is InChI=1S/C12H16O2S/c1-2-11(13)7-6-10-15(14)12-8-4-3-5-9-12/h3-5,8-9H,2,6-7,10H2,1H3. The first kappa shape index (κ1) is 12.1. The summed E-state index contributed by atoms with van der Waals surface area (Å²) in [6, 6.07) is 9.38. The number of carbonyl (C=O) groups is 1. The fourth-order valence-electron chi connectivity index (χ4n) is 1.27. The quantitative estimate of drug-likeness (QED) is 0.744. The van der Waals surface area contributed by atoms with Gasteiger partial charge in [-0.25, -0.2) is 0 Å². The van der Waals surface area contributed by atoms with Crippen molar-refractivity contribution in [3.8, 4) is 0 Å². The molecule has 0 bridgehead atoms. The Kier molecular flexibility index (Phi) is 5.26. The second kappa shape index (κ2) is 6.51. The van der Waals surface area contributed by atoms with Gasteiger partial charge in [-0.2, -0.15) is 0 Å². The molecule has 82 valence electrons. The van der Waals surface area contributed by atoms with Crippen molar-refractivity contribution < 1.29 is 9.00 Å². The highest BCUT2D eigenvalue weighted by Gasteiger charge is 2.04. The van der Waals surface area contributed by atoms with Crippen LogP contribution in [-0.2, 0) is 15.6 Å². The van der Waals surface area contributed by atoms with E-state index in [2.05, 4.69) is 0 Å². The molecule has 0 aliphatic heterocycles. The molecule has 0 saturated carbocycles. The number of rotatable bonds is 6. The Bertz CT molecular complexity index is 333. The summed E-state index contributed by atoms with van der Waals surface area (Å²) in [5.74, 6) is 0.829. The van der Waals surface area contributed by atoms with E-state index in [1.807, 2.05) is 37.3 Å². The second-order valence-corrected chi connectivity index (χ2v) is 4.93. The lowest BCUT2D eigenvalue weighted by Crippen LogP contribution is -2.02. The third-order valence-corrected chi connectivity index (χ3v) is 3.64. The normalized spacial score (nSPS) is 12.3. The Morgan fingerprint density at radius 2 is 1.93 bits per heavy atom. The molecule has 0 spiro atoms. The Hall–Kier alpha value is -0.960. The number of ketones is 1. The molecule has 0 aliphatic carbocycles. The molecule has 0 heterocycles. The molecule has 0 amide bonds. The zero-order valence-corrected chi connectivity index (χ0v) is 9.76. The van der Waals surface area contributed by atoms with Crippen LogP contribution in [0.15, 0.2) is 35.2 Å². The summed E-state index contributed by atoms with van der Waals surface area (Å²) in [5, 5.41) is 0. The van der Waals surface area contributed by atoms with Gasteiger partial charge in [-0.15, -0.1) is 0 Å². The molecule has 0 N–H and O–H groups in total. The molecule has 1 unspecified atom stereocenters. The Balaban J connectivity index is 2.34. The lowest BCUT2D eigenvalue weighted by atomic mass is 10.2. The van der Waals surface area contributed by atoms with Gasteiger partial charge in [0, 0.05) is 23.5 Å². The van der Waals surface area contributed by atoms with Crippen LogP contribution in [0.25, 0.3) is 0 Å². The number of hydrogen-bond donors (Lipinski definition) is 0. The van der Waals surface area contributed by atoms with Crippen LogP contribution in [0.1, 0.15) is 26.2 Å². The first-order chi connectivity index (χ1) is 7.24. The third kappa shape index (κ3) is 4.38. The lowest BCUT2D eigenvalue weighted by molar-refractivity contribution is -0.118. The Morgan fingerprint density at radius 1 is 1.27 bits per heavy atom. The van der Waals surface area contributed by atoms with Crippen LogP contribution >= 0.6 is 0 Å². The number of carbonyl (C=O) groups excluding carboxylic acids is 1. The minimum absolute atomic E-state index is 0.250. The summed E-state index contributed by atoms with van der Waals surface area (Å²) in [5.41, 5.74) is 0. The van der Waals surface area contributed by atoms with Crippen molar-refractivity contribution in [2.45, 2.75) is 31.1 Å². The maximum absolute atomic E-state index is 11.7. The number of benzene rings is 1. The van der Waals surface area contributed by atoms with Gasteiger partial charge >= 0.3 is 0 Å². The second-order valence-electron chi connectivity index (χ2n) is 3.36. The molecule has 3 heteroatoms. The number of hydrogen-bond acceptors (Lipinski definition) is 2. The smallest absolute Gasteiger partial charge is 0.132 e. The van der Waals surface area contributed by atoms with Crippen molar-refractivity contribution in [1.82, 2.24) is 0 Å². The zero-order valence-electron chi connectivity index (χ0n) is 8.94. The van der Waals surface area contributed by atoms with Gasteiger partial charge in [-0.3, -0.25) is 9.00 Å². The summed E-state index contributed by atoms with van der Waals surface area (Å²) in [6.07, 6.45) is 1.85. The highest BCUT2D eigenvalue weighted by Crippen LogP contribution is 2.07. The van der Waals surface area contributed by atoms with Gasteiger partial charge in [0.1, 0.15) is 5.78 Å². The largest absolute Gasteiger partial charge is 0.300 e. The molecule has 0 fully saturated rings. The lowest BCUT2D eigenvalue weighted by Gasteiger charge is -2.01. The highest BCUT2D eigenvalue weighted by atomic mass is 32.2. The van der Waals surface area contributed by atoms with Crippen LogP contribution in [0, 0.1) is 0 Å². The minimum Gasteiger partial charge on any atom is -0.300 e. The van der Waals surface area contributed by atoms with Crippen molar-refractivity contribution in [3.05, 3.63) is 30.3 Å². The van der Waals surface area contributed by atoms with Gasteiger partial charge in [0.05, 0.1) is 10.8 Å². The molecule has 2 nitrogen and oxygen atoms in total. The maximum atomic E-state index is 11.7. The van der Waals surface area contributed by atoms with Crippen LogP contribution in [0.5, 0.6) is 0 Å². The van der Waals surface area contributed by atoms with E-state index in [4.69, 9.17) is 0 Å². The molecule has 15 heavy (non-hydrogen) atoms. The van der Waals surface area contributed by atoms with E-state index in [9.17, 15) is 9.00 Å². The van der Waals surface area contributed by atoms with Crippen LogP contribution in [0.2, 0.25) is 0 Å². The summed E-state index contributed by atoms with van der Waals surface area (Å²) in [6.45, 7) is 1.86. The molecule has 0 aromatic heterocycles. The van der Waals surface area contributed by atoms with Crippen molar-refractivity contribution in [2.75, 3.05) is 5.75 Å². The molecule has 1 atom stereocenters. The fraction of sp³-hybridized carbons (Fsp3) is 0.417. The van der Waals surface area contributed by atoms with Crippen LogP contribution in [0.4, 0.5) is 0 Å². The number of Topliss-reactive ketones (excluding diaryl/α,β-unsaturated/α-hetero) is 1. The van der Waals surface area contributed by atoms with E-state index in [1.54, 1.807) is 0 Å². The molecular formula is C12H16O2S. The van der Waals surface area contributed by atoms with E-state index in [0.717, 1.165) is 4.90 Å².